The van der Waals surface area contributed by atoms with Crippen LogP contribution in [-0.4, -0.2) is 34.2 Å². The molecule has 1 atom stereocenters. The van der Waals surface area contributed by atoms with Gasteiger partial charge in [0.05, 0.1) is 0 Å². The van der Waals surface area contributed by atoms with Crippen molar-refractivity contribution in [3.05, 3.63) is 47.1 Å². The first-order chi connectivity index (χ1) is 15.1. The van der Waals surface area contributed by atoms with E-state index in [0.717, 1.165) is 18.9 Å². The van der Waals surface area contributed by atoms with E-state index in [4.69, 9.17) is 28.8 Å². The van der Waals surface area contributed by atoms with E-state index in [-0.39, 0.29) is 5.41 Å². The number of anilines is 2. The van der Waals surface area contributed by atoms with Gasteiger partial charge in [-0.1, -0.05) is 61.2 Å². The van der Waals surface area contributed by atoms with E-state index < -0.39 is 0 Å². The fraction of sp³-hybridized carbons (Fsp3) is 0.542. The third kappa shape index (κ3) is 5.47. The second-order valence-corrected chi connectivity index (χ2v) is 9.72. The van der Waals surface area contributed by atoms with E-state index in [0.29, 0.717) is 22.3 Å². The van der Waals surface area contributed by atoms with Crippen molar-refractivity contribution in [1.82, 2.24) is 15.3 Å². The zero-order chi connectivity index (χ0) is 21.7. The SMILES string of the molecule is C[C@@H]1CCCCN1c1cc(Cl)nc(NC(=S)NCC2(c3ccccc3)CCCCC2)n1. The average Bonchev–Trinajstić information content (AvgIpc) is 2.79. The Hall–Kier alpha value is -1.92. The van der Waals surface area contributed by atoms with Gasteiger partial charge < -0.3 is 15.5 Å². The van der Waals surface area contributed by atoms with Crippen molar-refractivity contribution in [2.75, 3.05) is 23.3 Å². The molecule has 2 aliphatic rings. The van der Waals surface area contributed by atoms with Crippen LogP contribution < -0.4 is 15.5 Å². The number of thiocarbonyl (C=S) groups is 1. The molecule has 1 saturated carbocycles. The number of aromatic nitrogens is 2. The fourth-order valence-corrected chi connectivity index (χ4v) is 5.37. The molecular formula is C24H32ClN5S. The van der Waals surface area contributed by atoms with Crippen LogP contribution >= 0.6 is 23.8 Å². The summed E-state index contributed by atoms with van der Waals surface area (Å²) in [6, 6.07) is 13.1. The van der Waals surface area contributed by atoms with E-state index in [1.165, 1.54) is 56.9 Å². The van der Waals surface area contributed by atoms with Crippen molar-refractivity contribution < 1.29 is 0 Å². The number of piperidine rings is 1. The number of halogens is 1. The lowest BCUT2D eigenvalue weighted by Crippen LogP contribution is -2.43. The van der Waals surface area contributed by atoms with E-state index in [9.17, 15) is 0 Å². The largest absolute Gasteiger partial charge is 0.361 e. The molecule has 2 N–H and O–H groups in total. The molecule has 0 spiro atoms. The molecular weight excluding hydrogens is 426 g/mol. The zero-order valence-electron chi connectivity index (χ0n) is 18.2. The summed E-state index contributed by atoms with van der Waals surface area (Å²) in [6.45, 7) is 4.04. The summed E-state index contributed by atoms with van der Waals surface area (Å²) in [7, 11) is 0. The summed E-state index contributed by atoms with van der Waals surface area (Å²) in [5.41, 5.74) is 1.51. The Morgan fingerprint density at radius 2 is 1.90 bits per heavy atom. The predicted octanol–water partition coefficient (Wildman–Crippen LogP) is 5.70. The van der Waals surface area contributed by atoms with Crippen molar-refractivity contribution in [1.29, 1.82) is 0 Å². The highest BCUT2D eigenvalue weighted by atomic mass is 35.5. The Bertz CT molecular complexity index is 885. The van der Waals surface area contributed by atoms with Gasteiger partial charge in [0.2, 0.25) is 5.95 Å². The van der Waals surface area contributed by atoms with Crippen molar-refractivity contribution in [2.45, 2.75) is 69.7 Å². The minimum absolute atomic E-state index is 0.120. The van der Waals surface area contributed by atoms with Gasteiger partial charge in [-0.05, 0) is 56.8 Å². The predicted molar refractivity (Wildman–Crippen MR) is 133 cm³/mol. The molecule has 2 heterocycles. The van der Waals surface area contributed by atoms with Crippen LogP contribution in [0.25, 0.3) is 0 Å². The van der Waals surface area contributed by atoms with Crippen LogP contribution in [0.4, 0.5) is 11.8 Å². The Morgan fingerprint density at radius 1 is 1.13 bits per heavy atom. The standard InChI is InChI=1S/C24H32ClN5S/c1-18-10-6-9-15-30(18)21-16-20(25)27-22(28-21)29-23(31)26-17-24(13-7-3-8-14-24)19-11-4-2-5-12-19/h2,4-5,11-12,16,18H,3,6-10,13-15,17H2,1H3,(H2,26,27,28,29,31)/t18-/m1/s1. The third-order valence-corrected chi connectivity index (χ3v) is 7.23. The molecule has 1 aliphatic heterocycles. The van der Waals surface area contributed by atoms with Gasteiger partial charge >= 0.3 is 0 Å². The summed E-state index contributed by atoms with van der Waals surface area (Å²) in [6.07, 6.45) is 9.79. The molecule has 2 aromatic rings. The highest BCUT2D eigenvalue weighted by molar-refractivity contribution is 7.80. The lowest BCUT2D eigenvalue weighted by Gasteiger charge is -2.38. The Kier molecular flexibility index (Phi) is 7.28. The minimum Gasteiger partial charge on any atom is -0.361 e. The maximum atomic E-state index is 6.32. The molecule has 1 aliphatic carbocycles. The zero-order valence-corrected chi connectivity index (χ0v) is 19.8. The number of rotatable bonds is 5. The first kappa shape index (κ1) is 22.3. The van der Waals surface area contributed by atoms with Gasteiger partial charge in [0.25, 0.3) is 0 Å². The van der Waals surface area contributed by atoms with Gasteiger partial charge in [-0.2, -0.15) is 4.98 Å². The van der Waals surface area contributed by atoms with Crippen LogP contribution in [0.15, 0.2) is 36.4 Å². The van der Waals surface area contributed by atoms with Gasteiger partial charge in [-0.25, -0.2) is 4.98 Å². The topological polar surface area (TPSA) is 53.1 Å². The summed E-state index contributed by atoms with van der Waals surface area (Å²) in [5.74, 6) is 1.32. The number of hydrogen-bond donors (Lipinski definition) is 2. The van der Waals surface area contributed by atoms with Crippen LogP contribution in [0.3, 0.4) is 0 Å². The molecule has 0 amide bonds. The highest BCUT2D eigenvalue weighted by Gasteiger charge is 2.33. The average molecular weight is 458 g/mol. The first-order valence-corrected chi connectivity index (χ1v) is 12.3. The second-order valence-electron chi connectivity index (χ2n) is 8.93. The second kappa shape index (κ2) is 10.1. The van der Waals surface area contributed by atoms with Gasteiger partial charge in [-0.3, -0.25) is 0 Å². The molecule has 0 bridgehead atoms. The smallest absolute Gasteiger partial charge is 0.232 e. The number of nitrogens with zero attached hydrogens (tertiary/aromatic N) is 3. The molecule has 1 saturated heterocycles. The Morgan fingerprint density at radius 3 is 2.65 bits per heavy atom. The Balaban J connectivity index is 1.43. The van der Waals surface area contributed by atoms with Crippen LogP contribution in [0.2, 0.25) is 5.15 Å². The minimum atomic E-state index is 0.120. The fourth-order valence-electron chi connectivity index (χ4n) is 5.03. The summed E-state index contributed by atoms with van der Waals surface area (Å²) < 4.78 is 0. The molecule has 0 radical (unpaired) electrons. The summed E-state index contributed by atoms with van der Waals surface area (Å²) >= 11 is 11.9. The quantitative estimate of drug-likeness (QED) is 0.443. The van der Waals surface area contributed by atoms with Crippen LogP contribution in [0.1, 0.15) is 63.9 Å². The Labute approximate surface area is 196 Å². The molecule has 166 valence electrons. The van der Waals surface area contributed by atoms with Crippen LogP contribution in [0.5, 0.6) is 0 Å². The third-order valence-electron chi connectivity index (χ3n) is 6.79. The van der Waals surface area contributed by atoms with Gasteiger partial charge in [0.15, 0.2) is 5.11 Å². The molecule has 2 fully saturated rings. The maximum absolute atomic E-state index is 6.32. The summed E-state index contributed by atoms with van der Waals surface area (Å²) in [5, 5.41) is 7.60. The maximum Gasteiger partial charge on any atom is 0.232 e. The van der Waals surface area contributed by atoms with E-state index >= 15 is 0 Å². The summed E-state index contributed by atoms with van der Waals surface area (Å²) in [4.78, 5) is 11.4. The van der Waals surface area contributed by atoms with E-state index in [1.807, 2.05) is 6.07 Å². The monoisotopic (exact) mass is 457 g/mol. The normalized spacial score (nSPS) is 20.8. The van der Waals surface area contributed by atoms with Gasteiger partial charge in [0, 0.05) is 30.6 Å². The van der Waals surface area contributed by atoms with E-state index in [2.05, 4.69) is 57.8 Å². The lowest BCUT2D eigenvalue weighted by atomic mass is 9.69. The molecule has 1 aromatic heterocycles. The molecule has 4 rings (SSSR count). The molecule has 7 heteroatoms. The van der Waals surface area contributed by atoms with Crippen LogP contribution in [-0.2, 0) is 5.41 Å². The van der Waals surface area contributed by atoms with Crippen molar-refractivity contribution in [2.24, 2.45) is 0 Å². The van der Waals surface area contributed by atoms with Crippen molar-refractivity contribution in [3.63, 3.8) is 0 Å². The van der Waals surface area contributed by atoms with E-state index in [1.54, 1.807) is 0 Å². The number of benzene rings is 1. The number of nitrogens with one attached hydrogen (secondary N) is 2. The van der Waals surface area contributed by atoms with Gasteiger partial charge in [0.1, 0.15) is 11.0 Å². The number of hydrogen-bond acceptors (Lipinski definition) is 4. The molecule has 1 aromatic carbocycles. The van der Waals surface area contributed by atoms with Crippen molar-refractivity contribution >= 4 is 40.7 Å². The molecule has 5 nitrogen and oxygen atoms in total. The van der Waals surface area contributed by atoms with Crippen molar-refractivity contribution in [3.8, 4) is 0 Å². The first-order valence-electron chi connectivity index (χ1n) is 11.5. The molecule has 31 heavy (non-hydrogen) atoms. The lowest BCUT2D eigenvalue weighted by molar-refractivity contribution is 0.292. The van der Waals surface area contributed by atoms with Crippen LogP contribution in [0, 0.1) is 0 Å². The molecule has 0 unspecified atom stereocenters. The highest BCUT2D eigenvalue weighted by Crippen LogP contribution is 2.39. The van der Waals surface area contributed by atoms with Gasteiger partial charge in [-0.15, -0.1) is 0 Å².